The number of hydrogen-bond donors (Lipinski definition) is 3. The van der Waals surface area contributed by atoms with Gasteiger partial charge in [-0.15, -0.1) is 0 Å². The van der Waals surface area contributed by atoms with Gasteiger partial charge in [0, 0.05) is 18.2 Å². The number of nitrogens with one attached hydrogen (secondary N) is 2. The predicted molar refractivity (Wildman–Crippen MR) is 102 cm³/mol. The second kappa shape index (κ2) is 9.80. The molecule has 0 saturated heterocycles. The third-order valence-corrected chi connectivity index (χ3v) is 4.13. The fourth-order valence-electron chi connectivity index (χ4n) is 2.01. The van der Waals surface area contributed by atoms with Crippen LogP contribution in [0.4, 0.5) is 0 Å². The summed E-state index contributed by atoms with van der Waals surface area (Å²) in [5.74, 6) is -0.902. The minimum absolute atomic E-state index is 0.175. The molecule has 0 atom stereocenters. The highest BCUT2D eigenvalue weighted by Crippen LogP contribution is 2.26. The molecule has 7 nitrogen and oxygen atoms in total. The van der Waals surface area contributed by atoms with Crippen LogP contribution in [0.25, 0.3) is 0 Å². The van der Waals surface area contributed by atoms with Crippen molar-refractivity contribution in [3.8, 4) is 5.75 Å². The van der Waals surface area contributed by atoms with Gasteiger partial charge in [0.05, 0.1) is 16.6 Å². The standard InChI is InChI=1S/C18H17Cl2N3O4/c19-14-6-5-13(7-15(14)20)27-10-17(25)22-8-11-1-3-12(4-2-11)18(26)23-9-16(21)24/h1-7H,8-10H2,(H2,21,24)(H,22,25)(H,23,26). The van der Waals surface area contributed by atoms with Gasteiger partial charge >= 0.3 is 0 Å². The lowest BCUT2D eigenvalue weighted by Gasteiger charge is -2.09. The predicted octanol–water partition coefficient (Wildman–Crippen LogP) is 1.90. The van der Waals surface area contributed by atoms with Crippen LogP contribution in [-0.2, 0) is 16.1 Å². The number of hydrogen-bond acceptors (Lipinski definition) is 4. The van der Waals surface area contributed by atoms with Gasteiger partial charge in [-0.1, -0.05) is 35.3 Å². The van der Waals surface area contributed by atoms with Crippen molar-refractivity contribution in [2.75, 3.05) is 13.2 Å². The first-order chi connectivity index (χ1) is 12.8. The van der Waals surface area contributed by atoms with Crippen molar-refractivity contribution in [2.45, 2.75) is 6.54 Å². The Balaban J connectivity index is 1.78. The first kappa shape index (κ1) is 20.5. The molecule has 0 bridgehead atoms. The molecule has 0 spiro atoms. The molecule has 0 saturated carbocycles. The van der Waals surface area contributed by atoms with Crippen molar-refractivity contribution in [3.05, 3.63) is 63.6 Å². The van der Waals surface area contributed by atoms with Crippen LogP contribution in [0.5, 0.6) is 5.75 Å². The Bertz CT molecular complexity index is 841. The minimum atomic E-state index is -0.620. The molecule has 0 aliphatic rings. The van der Waals surface area contributed by atoms with Gasteiger partial charge in [0.2, 0.25) is 5.91 Å². The van der Waals surface area contributed by atoms with Crippen LogP contribution >= 0.6 is 23.2 Å². The van der Waals surface area contributed by atoms with E-state index in [2.05, 4.69) is 10.6 Å². The van der Waals surface area contributed by atoms with Gasteiger partial charge in [0.1, 0.15) is 5.75 Å². The molecule has 0 aromatic heterocycles. The van der Waals surface area contributed by atoms with Crippen molar-refractivity contribution in [2.24, 2.45) is 5.73 Å². The van der Waals surface area contributed by atoms with Crippen molar-refractivity contribution >= 4 is 40.9 Å². The third kappa shape index (κ3) is 6.80. The molecule has 2 aromatic carbocycles. The van der Waals surface area contributed by atoms with Crippen molar-refractivity contribution in [1.82, 2.24) is 10.6 Å². The number of carbonyl (C=O) groups excluding carboxylic acids is 3. The summed E-state index contributed by atoms with van der Waals surface area (Å²) in [5.41, 5.74) is 6.15. The molecule has 142 valence electrons. The lowest BCUT2D eigenvalue weighted by Crippen LogP contribution is -2.33. The molecule has 2 aromatic rings. The molecular formula is C18H17Cl2N3O4. The Hall–Kier alpha value is -2.77. The van der Waals surface area contributed by atoms with Crippen LogP contribution in [0.3, 0.4) is 0 Å². The molecule has 0 fully saturated rings. The quantitative estimate of drug-likeness (QED) is 0.617. The maximum Gasteiger partial charge on any atom is 0.258 e. The van der Waals surface area contributed by atoms with Crippen molar-refractivity contribution < 1.29 is 19.1 Å². The molecule has 0 radical (unpaired) electrons. The fourth-order valence-corrected chi connectivity index (χ4v) is 2.30. The number of halogens is 2. The summed E-state index contributed by atoms with van der Waals surface area (Å²) in [6.45, 7) is -0.131. The summed E-state index contributed by atoms with van der Waals surface area (Å²) < 4.78 is 5.34. The van der Waals surface area contributed by atoms with Crippen molar-refractivity contribution in [3.63, 3.8) is 0 Å². The van der Waals surface area contributed by atoms with E-state index in [1.807, 2.05) is 0 Å². The highest BCUT2D eigenvalue weighted by Gasteiger charge is 2.08. The largest absolute Gasteiger partial charge is 0.484 e. The Morgan fingerprint density at radius 2 is 1.67 bits per heavy atom. The topological polar surface area (TPSA) is 111 Å². The van der Waals surface area contributed by atoms with Crippen LogP contribution in [-0.4, -0.2) is 30.9 Å². The van der Waals surface area contributed by atoms with E-state index in [0.717, 1.165) is 5.56 Å². The summed E-state index contributed by atoms with van der Waals surface area (Å²) >= 11 is 11.7. The Morgan fingerprint density at radius 1 is 0.963 bits per heavy atom. The van der Waals surface area contributed by atoms with E-state index in [0.29, 0.717) is 21.4 Å². The average Bonchev–Trinajstić information content (AvgIpc) is 2.65. The molecule has 9 heteroatoms. The second-order valence-electron chi connectivity index (χ2n) is 5.49. The number of ether oxygens (including phenoxy) is 1. The number of carbonyl (C=O) groups is 3. The second-order valence-corrected chi connectivity index (χ2v) is 6.30. The molecule has 27 heavy (non-hydrogen) atoms. The highest BCUT2D eigenvalue weighted by atomic mass is 35.5. The zero-order chi connectivity index (χ0) is 19.8. The smallest absolute Gasteiger partial charge is 0.258 e. The lowest BCUT2D eigenvalue weighted by atomic mass is 10.1. The maximum absolute atomic E-state index is 11.9. The number of primary amides is 1. The third-order valence-electron chi connectivity index (χ3n) is 3.39. The van der Waals surface area contributed by atoms with E-state index >= 15 is 0 Å². The highest BCUT2D eigenvalue weighted by molar-refractivity contribution is 6.42. The Morgan fingerprint density at radius 3 is 2.30 bits per heavy atom. The van der Waals surface area contributed by atoms with Gasteiger partial charge in [-0.25, -0.2) is 0 Å². The summed E-state index contributed by atoms with van der Waals surface area (Å²) in [6.07, 6.45) is 0. The number of benzene rings is 2. The first-order valence-electron chi connectivity index (χ1n) is 7.85. The van der Waals surface area contributed by atoms with Crippen LogP contribution in [0, 0.1) is 0 Å². The molecule has 2 rings (SSSR count). The molecule has 0 heterocycles. The van der Waals surface area contributed by atoms with Gasteiger partial charge in [0.25, 0.3) is 11.8 Å². The van der Waals surface area contributed by atoms with E-state index in [4.69, 9.17) is 33.7 Å². The molecular weight excluding hydrogens is 393 g/mol. The van der Waals surface area contributed by atoms with Crippen molar-refractivity contribution in [1.29, 1.82) is 0 Å². The van der Waals surface area contributed by atoms with Crippen LogP contribution in [0.15, 0.2) is 42.5 Å². The summed E-state index contributed by atoms with van der Waals surface area (Å²) in [4.78, 5) is 34.3. The SMILES string of the molecule is NC(=O)CNC(=O)c1ccc(CNC(=O)COc2ccc(Cl)c(Cl)c2)cc1. The van der Waals surface area contributed by atoms with Gasteiger partial charge in [0.15, 0.2) is 6.61 Å². The average molecular weight is 410 g/mol. The van der Waals surface area contributed by atoms with E-state index in [1.165, 1.54) is 6.07 Å². The van der Waals surface area contributed by atoms with Gasteiger partial charge < -0.3 is 21.1 Å². The van der Waals surface area contributed by atoms with E-state index in [9.17, 15) is 14.4 Å². The first-order valence-corrected chi connectivity index (χ1v) is 8.60. The molecule has 0 aliphatic carbocycles. The number of rotatable bonds is 8. The molecule has 4 N–H and O–H groups in total. The summed E-state index contributed by atoms with van der Waals surface area (Å²) in [6, 6.07) is 11.3. The van der Waals surface area contributed by atoms with Gasteiger partial charge in [-0.05, 0) is 29.8 Å². The maximum atomic E-state index is 11.9. The fraction of sp³-hybridized carbons (Fsp3) is 0.167. The van der Waals surface area contributed by atoms with E-state index in [-0.39, 0.29) is 25.6 Å². The summed E-state index contributed by atoms with van der Waals surface area (Å²) in [7, 11) is 0. The normalized spacial score (nSPS) is 10.1. The Labute approximate surface area is 165 Å². The Kier molecular flexibility index (Phi) is 7.45. The number of amides is 3. The zero-order valence-electron chi connectivity index (χ0n) is 14.1. The monoisotopic (exact) mass is 409 g/mol. The van der Waals surface area contributed by atoms with E-state index in [1.54, 1.807) is 36.4 Å². The van der Waals surface area contributed by atoms with Crippen LogP contribution in [0.2, 0.25) is 10.0 Å². The molecule has 3 amide bonds. The lowest BCUT2D eigenvalue weighted by molar-refractivity contribution is -0.123. The number of nitrogens with two attached hydrogens (primary N) is 1. The van der Waals surface area contributed by atoms with Gasteiger partial charge in [-0.3, -0.25) is 14.4 Å². The zero-order valence-corrected chi connectivity index (χ0v) is 15.6. The van der Waals surface area contributed by atoms with Crippen LogP contribution in [0.1, 0.15) is 15.9 Å². The summed E-state index contributed by atoms with van der Waals surface area (Å²) in [5, 5.41) is 5.83. The van der Waals surface area contributed by atoms with Crippen LogP contribution < -0.4 is 21.1 Å². The van der Waals surface area contributed by atoms with Gasteiger partial charge in [-0.2, -0.15) is 0 Å². The minimum Gasteiger partial charge on any atom is -0.484 e. The molecule has 0 aliphatic heterocycles. The van der Waals surface area contributed by atoms with E-state index < -0.39 is 11.8 Å². The molecule has 0 unspecified atom stereocenters.